The van der Waals surface area contributed by atoms with Crippen molar-refractivity contribution in [3.05, 3.63) is 78.1 Å². The number of carbonyl (C=O) groups excluding carboxylic acids is 3. The maximum absolute atomic E-state index is 13.1. The Morgan fingerprint density at radius 2 is 1.90 bits per heavy atom. The molecule has 2 aromatic carbocycles. The molecule has 0 bridgehead atoms. The van der Waals surface area contributed by atoms with Crippen LogP contribution >= 0.6 is 0 Å². The Labute approximate surface area is 180 Å². The molecular weight excluding hydrogens is 394 g/mol. The van der Waals surface area contributed by atoms with Gasteiger partial charge in [0.05, 0.1) is 6.61 Å². The molecule has 1 aliphatic heterocycles. The number of aryl methyl sites for hydroxylation is 1. The van der Waals surface area contributed by atoms with Gasteiger partial charge in [0.1, 0.15) is 12.1 Å². The van der Waals surface area contributed by atoms with Gasteiger partial charge in [0.15, 0.2) is 0 Å². The number of carbonyl (C=O) groups is 3. The fourth-order valence-electron chi connectivity index (χ4n) is 3.72. The zero-order chi connectivity index (χ0) is 21.8. The van der Waals surface area contributed by atoms with E-state index in [-0.39, 0.29) is 6.61 Å². The van der Waals surface area contributed by atoms with Crippen LogP contribution in [0.5, 0.6) is 0 Å². The number of benzene rings is 2. The fourth-order valence-corrected chi connectivity index (χ4v) is 3.72. The maximum Gasteiger partial charge on any atom is 0.326 e. The molecule has 7 nitrogen and oxygen atoms in total. The molecule has 1 atom stereocenters. The highest BCUT2D eigenvalue weighted by molar-refractivity contribution is 6.09. The number of nitrogens with zero attached hydrogens (tertiary/aromatic N) is 2. The van der Waals surface area contributed by atoms with Crippen molar-refractivity contribution in [2.75, 3.05) is 13.2 Å². The Balaban J connectivity index is 1.37. The van der Waals surface area contributed by atoms with Crippen molar-refractivity contribution in [2.45, 2.75) is 25.3 Å². The fraction of sp³-hybridized carbons (Fsp3) is 0.250. The number of fused-ring (bicyclic) bond motifs is 1. The topological polar surface area (TPSA) is 88.6 Å². The van der Waals surface area contributed by atoms with E-state index in [1.807, 2.05) is 54.6 Å². The van der Waals surface area contributed by atoms with Gasteiger partial charge in [-0.25, -0.2) is 4.79 Å². The summed E-state index contributed by atoms with van der Waals surface area (Å²) in [5.74, 6) is -1.09. The first-order valence-corrected chi connectivity index (χ1v) is 10.2. The molecule has 0 spiro atoms. The van der Waals surface area contributed by atoms with Crippen molar-refractivity contribution in [2.24, 2.45) is 0 Å². The third-order valence-corrected chi connectivity index (χ3v) is 5.48. The minimum Gasteiger partial charge on any atom is -0.464 e. The summed E-state index contributed by atoms with van der Waals surface area (Å²) in [5.41, 5.74) is 0.484. The maximum atomic E-state index is 13.1. The number of nitrogens with one attached hydrogen (secondary N) is 1. The van der Waals surface area contributed by atoms with Gasteiger partial charge < -0.3 is 10.1 Å². The third kappa shape index (κ3) is 4.26. The van der Waals surface area contributed by atoms with Crippen LogP contribution < -0.4 is 5.32 Å². The molecule has 7 heteroatoms. The van der Waals surface area contributed by atoms with Crippen LogP contribution in [0.25, 0.3) is 10.8 Å². The summed E-state index contributed by atoms with van der Waals surface area (Å²) < 4.78 is 5.22. The van der Waals surface area contributed by atoms with Crippen LogP contribution in [0, 0.1) is 0 Å². The Bertz CT molecular complexity index is 1130. The number of hydrogen-bond donors (Lipinski definition) is 1. The van der Waals surface area contributed by atoms with Crippen LogP contribution in [0.3, 0.4) is 0 Å². The van der Waals surface area contributed by atoms with Crippen molar-refractivity contribution in [1.82, 2.24) is 15.2 Å². The van der Waals surface area contributed by atoms with E-state index in [0.29, 0.717) is 12.0 Å². The Kier molecular flexibility index (Phi) is 5.66. The predicted molar refractivity (Wildman–Crippen MR) is 115 cm³/mol. The highest BCUT2D eigenvalue weighted by atomic mass is 16.5. The van der Waals surface area contributed by atoms with Gasteiger partial charge in [-0.1, -0.05) is 42.5 Å². The van der Waals surface area contributed by atoms with E-state index in [1.165, 1.54) is 0 Å². The van der Waals surface area contributed by atoms with Crippen molar-refractivity contribution in [1.29, 1.82) is 0 Å². The van der Waals surface area contributed by atoms with E-state index in [4.69, 9.17) is 4.74 Å². The first-order valence-electron chi connectivity index (χ1n) is 10.2. The SMILES string of the molecule is CC1(c2ccc3ccccc3c2)NC(=O)N(CC(=O)OCCCc2cccnc2)C1=O. The number of esters is 1. The van der Waals surface area contributed by atoms with E-state index in [1.54, 1.807) is 19.3 Å². The molecule has 1 saturated heterocycles. The standard InChI is InChI=1S/C24H23N3O4/c1-24(20-11-10-18-8-2-3-9-19(18)14-20)22(29)27(23(30)26-24)16-21(28)31-13-5-7-17-6-4-12-25-15-17/h2-4,6,8-12,14-15H,5,7,13,16H2,1H3,(H,26,30). The van der Waals surface area contributed by atoms with Gasteiger partial charge in [-0.3, -0.25) is 19.5 Å². The molecule has 3 amide bonds. The first-order chi connectivity index (χ1) is 15.0. The number of amides is 3. The summed E-state index contributed by atoms with van der Waals surface area (Å²) in [7, 11) is 0. The van der Waals surface area contributed by atoms with Crippen LogP contribution in [-0.2, 0) is 26.3 Å². The van der Waals surface area contributed by atoms with Crippen LogP contribution in [0.15, 0.2) is 67.0 Å². The number of aromatic nitrogens is 1. The molecule has 1 N–H and O–H groups in total. The van der Waals surface area contributed by atoms with Gasteiger partial charge >= 0.3 is 12.0 Å². The van der Waals surface area contributed by atoms with E-state index in [0.717, 1.165) is 27.7 Å². The second-order valence-corrected chi connectivity index (χ2v) is 7.69. The third-order valence-electron chi connectivity index (χ3n) is 5.48. The van der Waals surface area contributed by atoms with Crippen LogP contribution in [-0.4, -0.2) is 40.9 Å². The largest absolute Gasteiger partial charge is 0.464 e. The predicted octanol–water partition coefficient (Wildman–Crippen LogP) is 3.18. The zero-order valence-electron chi connectivity index (χ0n) is 17.2. The summed E-state index contributed by atoms with van der Waals surface area (Å²) >= 11 is 0. The minimum absolute atomic E-state index is 0.208. The number of rotatable bonds is 7. The number of pyridine rings is 1. The normalized spacial score (nSPS) is 18.3. The summed E-state index contributed by atoms with van der Waals surface area (Å²) in [5, 5.41) is 4.74. The van der Waals surface area contributed by atoms with Gasteiger partial charge in [0.2, 0.25) is 0 Å². The van der Waals surface area contributed by atoms with E-state index in [9.17, 15) is 14.4 Å². The average molecular weight is 417 g/mol. The lowest BCUT2D eigenvalue weighted by Gasteiger charge is -2.22. The summed E-state index contributed by atoms with van der Waals surface area (Å²) in [6, 6.07) is 16.6. The molecule has 31 heavy (non-hydrogen) atoms. The highest BCUT2D eigenvalue weighted by Crippen LogP contribution is 2.31. The molecule has 3 aromatic rings. The lowest BCUT2D eigenvalue weighted by molar-refractivity contribution is -0.147. The van der Waals surface area contributed by atoms with Crippen LogP contribution in [0.1, 0.15) is 24.5 Å². The van der Waals surface area contributed by atoms with Gasteiger partial charge in [0, 0.05) is 12.4 Å². The lowest BCUT2D eigenvalue weighted by atomic mass is 9.90. The number of hydrogen-bond acceptors (Lipinski definition) is 5. The van der Waals surface area contributed by atoms with Crippen LogP contribution in [0.4, 0.5) is 4.79 Å². The van der Waals surface area contributed by atoms with E-state index >= 15 is 0 Å². The summed E-state index contributed by atoms with van der Waals surface area (Å²) in [6.07, 6.45) is 4.83. The zero-order valence-corrected chi connectivity index (χ0v) is 17.2. The molecule has 1 unspecified atom stereocenters. The molecular formula is C24H23N3O4. The van der Waals surface area contributed by atoms with E-state index in [2.05, 4.69) is 10.3 Å². The number of imide groups is 1. The molecule has 1 aliphatic rings. The Morgan fingerprint density at radius 1 is 1.10 bits per heavy atom. The van der Waals surface area contributed by atoms with E-state index < -0.39 is 30.0 Å². The Hall–Kier alpha value is -3.74. The molecule has 0 saturated carbocycles. The second-order valence-electron chi connectivity index (χ2n) is 7.69. The summed E-state index contributed by atoms with van der Waals surface area (Å²) in [6.45, 7) is 1.44. The molecule has 4 rings (SSSR count). The molecule has 2 heterocycles. The highest BCUT2D eigenvalue weighted by Gasteiger charge is 2.49. The second kappa shape index (κ2) is 8.55. The van der Waals surface area contributed by atoms with Gasteiger partial charge in [-0.15, -0.1) is 0 Å². The quantitative estimate of drug-likeness (QED) is 0.362. The molecule has 0 aliphatic carbocycles. The van der Waals surface area contributed by atoms with Gasteiger partial charge in [-0.05, 0) is 53.8 Å². The lowest BCUT2D eigenvalue weighted by Crippen LogP contribution is -2.41. The van der Waals surface area contributed by atoms with Crippen molar-refractivity contribution >= 4 is 28.7 Å². The van der Waals surface area contributed by atoms with Crippen molar-refractivity contribution < 1.29 is 19.1 Å². The minimum atomic E-state index is -1.23. The monoisotopic (exact) mass is 417 g/mol. The smallest absolute Gasteiger partial charge is 0.326 e. The summed E-state index contributed by atoms with van der Waals surface area (Å²) in [4.78, 5) is 42.7. The van der Waals surface area contributed by atoms with Crippen molar-refractivity contribution in [3.8, 4) is 0 Å². The molecule has 1 aromatic heterocycles. The van der Waals surface area contributed by atoms with Crippen LogP contribution in [0.2, 0.25) is 0 Å². The molecule has 0 radical (unpaired) electrons. The molecule has 158 valence electrons. The Morgan fingerprint density at radius 3 is 2.68 bits per heavy atom. The first kappa shape index (κ1) is 20.5. The number of ether oxygens (including phenoxy) is 1. The van der Waals surface area contributed by atoms with Gasteiger partial charge in [-0.2, -0.15) is 0 Å². The van der Waals surface area contributed by atoms with Crippen molar-refractivity contribution in [3.63, 3.8) is 0 Å². The van der Waals surface area contributed by atoms with Gasteiger partial charge in [0.25, 0.3) is 5.91 Å². The number of urea groups is 1. The molecule has 1 fully saturated rings. The average Bonchev–Trinajstić information content (AvgIpc) is 3.01.